The third kappa shape index (κ3) is 6.40. The van der Waals surface area contributed by atoms with Gasteiger partial charge in [0.25, 0.3) is 5.91 Å². The first-order valence-electron chi connectivity index (χ1n) is 12.5. The van der Waals surface area contributed by atoms with Crippen molar-refractivity contribution in [2.75, 3.05) is 33.3 Å². The zero-order valence-corrected chi connectivity index (χ0v) is 21.0. The molecule has 7 heteroatoms. The first-order valence-corrected chi connectivity index (χ1v) is 12.5. The normalized spacial score (nSPS) is 19.4. The van der Waals surface area contributed by atoms with Crippen molar-refractivity contribution in [2.24, 2.45) is 5.92 Å². The van der Waals surface area contributed by atoms with Crippen LogP contribution in [0.2, 0.25) is 0 Å². The summed E-state index contributed by atoms with van der Waals surface area (Å²) in [5.74, 6) is -0.188. The van der Waals surface area contributed by atoms with E-state index in [1.165, 1.54) is 13.2 Å². The highest BCUT2D eigenvalue weighted by Crippen LogP contribution is 2.23. The third-order valence-corrected chi connectivity index (χ3v) is 7.10. The Morgan fingerprint density at radius 1 is 1.03 bits per heavy atom. The minimum Gasteiger partial charge on any atom is -0.494 e. The number of carbonyl (C=O) groups is 2. The average molecular weight is 482 g/mol. The van der Waals surface area contributed by atoms with Crippen molar-refractivity contribution in [1.82, 2.24) is 15.1 Å². The topological polar surface area (TPSA) is 61.9 Å². The van der Waals surface area contributed by atoms with Gasteiger partial charge in [-0.1, -0.05) is 23.3 Å². The molecule has 0 radical (unpaired) electrons. The first kappa shape index (κ1) is 25.2. The Hall–Kier alpha value is -2.93. The molecule has 2 aliphatic heterocycles. The van der Waals surface area contributed by atoms with Gasteiger partial charge in [0.2, 0.25) is 5.91 Å². The van der Waals surface area contributed by atoms with Gasteiger partial charge >= 0.3 is 0 Å². The molecular weight excluding hydrogens is 445 g/mol. The highest BCUT2D eigenvalue weighted by atomic mass is 19.1. The second kappa shape index (κ2) is 11.2. The molecule has 2 heterocycles. The van der Waals surface area contributed by atoms with Gasteiger partial charge in [-0.25, -0.2) is 4.39 Å². The molecule has 2 aromatic rings. The zero-order valence-electron chi connectivity index (χ0n) is 21.0. The zero-order chi connectivity index (χ0) is 24.9. The van der Waals surface area contributed by atoms with Crippen LogP contribution in [-0.2, 0) is 11.3 Å². The Labute approximate surface area is 207 Å². The van der Waals surface area contributed by atoms with E-state index in [0.29, 0.717) is 25.2 Å². The van der Waals surface area contributed by atoms with Crippen LogP contribution in [0, 0.1) is 25.6 Å². The maximum Gasteiger partial charge on any atom is 0.253 e. The number of benzene rings is 2. The molecule has 2 amide bonds. The molecule has 0 aromatic heterocycles. The molecule has 2 aromatic carbocycles. The number of rotatable bonds is 6. The van der Waals surface area contributed by atoms with Crippen LogP contribution in [-0.4, -0.2) is 60.9 Å². The fourth-order valence-corrected chi connectivity index (χ4v) is 5.28. The van der Waals surface area contributed by atoms with Gasteiger partial charge in [0.05, 0.1) is 13.0 Å². The summed E-state index contributed by atoms with van der Waals surface area (Å²) in [6.07, 6.45) is 3.38. The predicted molar refractivity (Wildman–Crippen MR) is 134 cm³/mol. The fourth-order valence-electron chi connectivity index (χ4n) is 5.28. The first-order chi connectivity index (χ1) is 16.8. The number of amides is 2. The van der Waals surface area contributed by atoms with E-state index < -0.39 is 0 Å². The second-order valence-corrected chi connectivity index (χ2v) is 9.99. The van der Waals surface area contributed by atoms with E-state index in [-0.39, 0.29) is 35.3 Å². The van der Waals surface area contributed by atoms with E-state index in [0.717, 1.165) is 55.5 Å². The molecule has 6 nitrogen and oxygen atoms in total. The minimum absolute atomic E-state index is 0.0116. The molecule has 1 N–H and O–H groups in total. The Morgan fingerprint density at radius 2 is 1.74 bits per heavy atom. The number of hydrogen-bond donors (Lipinski definition) is 1. The molecule has 1 atom stereocenters. The highest BCUT2D eigenvalue weighted by molar-refractivity contribution is 5.95. The number of piperidine rings is 2. The quantitative estimate of drug-likeness (QED) is 0.675. The Kier molecular flexibility index (Phi) is 8.06. The van der Waals surface area contributed by atoms with Crippen molar-refractivity contribution in [3.63, 3.8) is 0 Å². The molecule has 0 saturated carbocycles. The van der Waals surface area contributed by atoms with Gasteiger partial charge in [-0.05, 0) is 69.4 Å². The summed E-state index contributed by atoms with van der Waals surface area (Å²) >= 11 is 0. The Morgan fingerprint density at radius 3 is 2.40 bits per heavy atom. The van der Waals surface area contributed by atoms with Crippen LogP contribution >= 0.6 is 0 Å². The average Bonchev–Trinajstić information content (AvgIpc) is 2.84. The monoisotopic (exact) mass is 481 g/mol. The van der Waals surface area contributed by atoms with Crippen molar-refractivity contribution in [3.8, 4) is 5.75 Å². The molecule has 188 valence electrons. The molecule has 4 rings (SSSR count). The number of carbonyl (C=O) groups excluding carboxylic acids is 2. The van der Waals surface area contributed by atoms with E-state index in [2.05, 4.69) is 16.3 Å². The smallest absolute Gasteiger partial charge is 0.253 e. The molecule has 0 spiro atoms. The molecule has 2 aliphatic rings. The maximum absolute atomic E-state index is 14.0. The number of methoxy groups -OCH3 is 1. The van der Waals surface area contributed by atoms with E-state index in [1.54, 1.807) is 6.07 Å². The number of nitrogens with zero attached hydrogens (tertiary/aromatic N) is 2. The van der Waals surface area contributed by atoms with Gasteiger partial charge in [-0.2, -0.15) is 0 Å². The van der Waals surface area contributed by atoms with Crippen LogP contribution in [0.4, 0.5) is 4.39 Å². The number of nitrogens with one attached hydrogen (secondary N) is 1. The Bertz CT molecular complexity index is 1050. The van der Waals surface area contributed by atoms with Gasteiger partial charge in [0, 0.05) is 44.3 Å². The largest absolute Gasteiger partial charge is 0.494 e. The van der Waals surface area contributed by atoms with Crippen molar-refractivity contribution in [2.45, 2.75) is 52.1 Å². The van der Waals surface area contributed by atoms with Crippen molar-refractivity contribution in [3.05, 3.63) is 64.5 Å². The molecule has 2 fully saturated rings. The molecule has 0 bridgehead atoms. The lowest BCUT2D eigenvalue weighted by atomic mass is 9.95. The van der Waals surface area contributed by atoms with Gasteiger partial charge in [-0.3, -0.25) is 14.5 Å². The summed E-state index contributed by atoms with van der Waals surface area (Å²) in [7, 11) is 1.46. The van der Waals surface area contributed by atoms with Crippen LogP contribution < -0.4 is 10.1 Å². The lowest BCUT2D eigenvalue weighted by molar-refractivity contribution is -0.127. The highest BCUT2D eigenvalue weighted by Gasteiger charge is 2.31. The van der Waals surface area contributed by atoms with Crippen molar-refractivity contribution < 1.29 is 18.7 Å². The van der Waals surface area contributed by atoms with E-state index in [9.17, 15) is 14.0 Å². The number of ether oxygens (including phenoxy) is 1. The Balaban J connectivity index is 1.26. The minimum atomic E-state index is -0.343. The van der Waals surface area contributed by atoms with Gasteiger partial charge < -0.3 is 15.0 Å². The van der Waals surface area contributed by atoms with Crippen LogP contribution in [0.3, 0.4) is 0 Å². The summed E-state index contributed by atoms with van der Waals surface area (Å²) in [5, 5.41) is 3.23. The van der Waals surface area contributed by atoms with E-state index in [1.807, 2.05) is 36.9 Å². The number of aryl methyl sites for hydroxylation is 2. The summed E-state index contributed by atoms with van der Waals surface area (Å²) < 4.78 is 19.0. The van der Waals surface area contributed by atoms with E-state index >= 15 is 0 Å². The second-order valence-electron chi connectivity index (χ2n) is 9.99. The lowest BCUT2D eigenvalue weighted by Gasteiger charge is -2.35. The predicted octanol–water partition coefficient (Wildman–Crippen LogP) is 4.08. The third-order valence-electron chi connectivity index (χ3n) is 7.10. The van der Waals surface area contributed by atoms with Crippen LogP contribution in [0.25, 0.3) is 0 Å². The maximum atomic E-state index is 14.0. The van der Waals surface area contributed by atoms with E-state index in [4.69, 9.17) is 4.74 Å². The summed E-state index contributed by atoms with van der Waals surface area (Å²) in [6, 6.07) is 11.1. The molecule has 0 aliphatic carbocycles. The SMILES string of the molecule is COc1ccc(CN2CCC(NC(=O)C3CCCN(C(=O)c4cc(C)cc(C)c4)C3)CC2)cc1F. The number of hydrogen-bond acceptors (Lipinski definition) is 4. The van der Waals surface area contributed by atoms with Crippen molar-refractivity contribution in [1.29, 1.82) is 0 Å². The van der Waals surface area contributed by atoms with Gasteiger partial charge in [0.15, 0.2) is 11.6 Å². The summed E-state index contributed by atoms with van der Waals surface area (Å²) in [6.45, 7) is 7.54. The standard InChI is InChI=1S/C28H36FN3O3/c1-19-13-20(2)15-23(14-19)28(34)32-10-4-5-22(18-32)27(33)30-24-8-11-31(12-9-24)17-21-6-7-26(35-3)25(29)16-21/h6-7,13-16,22,24H,4-5,8-12,17-18H2,1-3H3,(H,30,33). The summed E-state index contributed by atoms with van der Waals surface area (Å²) in [5.41, 5.74) is 3.76. The summed E-state index contributed by atoms with van der Waals surface area (Å²) in [4.78, 5) is 30.2. The molecule has 35 heavy (non-hydrogen) atoms. The molecular formula is C28H36FN3O3. The number of halogens is 1. The van der Waals surface area contributed by atoms with Gasteiger partial charge in [-0.15, -0.1) is 0 Å². The van der Waals surface area contributed by atoms with Gasteiger partial charge in [0.1, 0.15) is 0 Å². The number of likely N-dealkylation sites (tertiary alicyclic amines) is 2. The lowest BCUT2D eigenvalue weighted by Crippen LogP contribution is -2.50. The fraction of sp³-hybridized carbons (Fsp3) is 0.500. The molecule has 1 unspecified atom stereocenters. The van der Waals surface area contributed by atoms with Crippen LogP contribution in [0.15, 0.2) is 36.4 Å². The van der Waals surface area contributed by atoms with Crippen LogP contribution in [0.1, 0.15) is 52.7 Å². The van der Waals surface area contributed by atoms with Crippen LogP contribution in [0.5, 0.6) is 5.75 Å². The van der Waals surface area contributed by atoms with Crippen molar-refractivity contribution >= 4 is 11.8 Å². The molecule has 2 saturated heterocycles.